The summed E-state index contributed by atoms with van der Waals surface area (Å²) in [5.74, 6) is 0. The maximum absolute atomic E-state index is 8.51. The second-order valence-corrected chi connectivity index (χ2v) is 3.98. The lowest BCUT2D eigenvalue weighted by Gasteiger charge is -2.07. The van der Waals surface area contributed by atoms with E-state index in [-0.39, 0.29) is 32.4 Å². The Balaban J connectivity index is 2.64. The maximum Gasteiger partial charge on any atom is 0.0641 e. The minimum absolute atomic E-state index is 0.0893. The zero-order valence-corrected chi connectivity index (χ0v) is 9.96. The summed E-state index contributed by atoms with van der Waals surface area (Å²) >= 11 is 3.13. The molecule has 3 rings (SSSR count). The number of hydrogen-bond donors (Lipinski definition) is 0. The van der Waals surface area contributed by atoms with Crippen LogP contribution >= 0.6 is 15.9 Å². The lowest BCUT2D eigenvalue weighted by atomic mass is 10.0. The van der Waals surface area contributed by atoms with Gasteiger partial charge in [-0.25, -0.2) is 0 Å². The number of hydrogen-bond acceptors (Lipinski definition) is 0. The summed E-state index contributed by atoms with van der Waals surface area (Å²) in [5.41, 5.74) is -0.509. The van der Waals surface area contributed by atoms with Gasteiger partial charge in [0.1, 0.15) is 0 Å². The van der Waals surface area contributed by atoms with Gasteiger partial charge in [-0.05, 0) is 34.0 Å². The van der Waals surface area contributed by atoms with Gasteiger partial charge in [-0.1, -0.05) is 70.3 Å². The smallest absolute Gasteiger partial charge is 0.0622 e. The Morgan fingerprint density at radius 2 is 1.35 bits per heavy atom. The molecule has 0 nitrogen and oxygen atoms in total. The standard InChI is InChI=1S/C16H11Br/c17-16-11-14-9-5-4-8-13(14)10-15(16)12-6-2-1-3-7-12/h1-11H/i1D,2D,3D,4D,5D,6D,7D,8D,9D,10D,11D. The average molecular weight is 294 g/mol. The van der Waals surface area contributed by atoms with Crippen LogP contribution in [-0.4, -0.2) is 0 Å². The Morgan fingerprint density at radius 3 is 2.06 bits per heavy atom. The molecule has 0 heterocycles. The van der Waals surface area contributed by atoms with Gasteiger partial charge in [0.25, 0.3) is 0 Å². The Labute approximate surface area is 124 Å². The molecule has 3 aromatic carbocycles. The molecule has 0 radical (unpaired) electrons. The highest BCUT2D eigenvalue weighted by Crippen LogP contribution is 2.32. The molecule has 0 aliphatic heterocycles. The van der Waals surface area contributed by atoms with E-state index in [1.165, 1.54) is 0 Å². The highest BCUT2D eigenvalue weighted by Gasteiger charge is 2.04. The van der Waals surface area contributed by atoms with Gasteiger partial charge in [0.15, 0.2) is 0 Å². The van der Waals surface area contributed by atoms with Crippen molar-refractivity contribution >= 4 is 26.7 Å². The summed E-state index contributed by atoms with van der Waals surface area (Å²) in [5, 5.41) is -0.431. The molecule has 0 bridgehead atoms. The molecule has 0 atom stereocenters. The van der Waals surface area contributed by atoms with Crippen molar-refractivity contribution in [1.29, 1.82) is 0 Å². The van der Waals surface area contributed by atoms with Crippen molar-refractivity contribution in [2.24, 2.45) is 0 Å². The zero-order chi connectivity index (χ0) is 21.2. The zero-order valence-electron chi connectivity index (χ0n) is 19.4. The van der Waals surface area contributed by atoms with E-state index in [9.17, 15) is 0 Å². The minimum atomic E-state index is -0.608. The summed E-state index contributed by atoms with van der Waals surface area (Å²) in [6.45, 7) is 0. The van der Waals surface area contributed by atoms with E-state index >= 15 is 0 Å². The van der Waals surface area contributed by atoms with Gasteiger partial charge in [-0.15, -0.1) is 0 Å². The van der Waals surface area contributed by atoms with Crippen LogP contribution in [0.25, 0.3) is 21.9 Å². The largest absolute Gasteiger partial charge is 0.0641 e. The monoisotopic (exact) mass is 293 g/mol. The summed E-state index contributed by atoms with van der Waals surface area (Å²) in [6, 6.07) is -5.92. The van der Waals surface area contributed by atoms with Gasteiger partial charge < -0.3 is 0 Å². The van der Waals surface area contributed by atoms with E-state index in [0.717, 1.165) is 0 Å². The van der Waals surface area contributed by atoms with Crippen LogP contribution < -0.4 is 0 Å². The highest BCUT2D eigenvalue weighted by atomic mass is 79.9. The van der Waals surface area contributed by atoms with Crippen LogP contribution in [0.15, 0.2) is 70.9 Å². The van der Waals surface area contributed by atoms with Crippen LogP contribution in [-0.2, 0) is 0 Å². The van der Waals surface area contributed by atoms with Gasteiger partial charge in [0, 0.05) is 4.47 Å². The summed E-state index contributed by atoms with van der Waals surface area (Å²) in [7, 11) is 0. The molecular weight excluding hydrogens is 272 g/mol. The van der Waals surface area contributed by atoms with Crippen molar-refractivity contribution in [3.8, 4) is 11.1 Å². The van der Waals surface area contributed by atoms with Crippen molar-refractivity contribution in [2.75, 3.05) is 0 Å². The Bertz CT molecular complexity index is 1160. The molecule has 0 fully saturated rings. The van der Waals surface area contributed by atoms with Crippen LogP contribution in [0.5, 0.6) is 0 Å². The molecule has 0 amide bonds. The number of benzene rings is 3. The van der Waals surface area contributed by atoms with Crippen molar-refractivity contribution in [1.82, 2.24) is 0 Å². The Hall–Kier alpha value is -1.60. The van der Waals surface area contributed by atoms with E-state index < -0.39 is 60.4 Å². The molecule has 0 spiro atoms. The van der Waals surface area contributed by atoms with Crippen LogP contribution in [0.1, 0.15) is 15.1 Å². The van der Waals surface area contributed by atoms with E-state index in [1.54, 1.807) is 0 Å². The normalized spacial score (nSPS) is 19.7. The summed E-state index contributed by atoms with van der Waals surface area (Å²) in [6.07, 6.45) is 0. The molecule has 82 valence electrons. The second-order valence-electron chi connectivity index (χ2n) is 3.19. The lowest BCUT2D eigenvalue weighted by Crippen LogP contribution is -1.81. The molecule has 3 aromatic rings. The van der Waals surface area contributed by atoms with Crippen molar-refractivity contribution < 1.29 is 15.1 Å². The third-order valence-corrected chi connectivity index (χ3v) is 2.74. The number of fused-ring (bicyclic) bond motifs is 1. The third kappa shape index (κ3) is 1.98. The fourth-order valence-electron chi connectivity index (χ4n) is 1.40. The van der Waals surface area contributed by atoms with E-state index in [2.05, 4.69) is 15.9 Å². The molecule has 0 aromatic heterocycles. The summed E-state index contributed by atoms with van der Waals surface area (Å²) < 4.78 is 88.1. The molecule has 17 heavy (non-hydrogen) atoms. The topological polar surface area (TPSA) is 0 Å². The van der Waals surface area contributed by atoms with E-state index in [1.807, 2.05) is 0 Å². The average Bonchev–Trinajstić information content (AvgIpc) is 2.66. The predicted molar refractivity (Wildman–Crippen MR) is 77.1 cm³/mol. The van der Waals surface area contributed by atoms with Gasteiger partial charge in [0.2, 0.25) is 0 Å². The highest BCUT2D eigenvalue weighted by molar-refractivity contribution is 9.10. The van der Waals surface area contributed by atoms with Crippen LogP contribution in [0.3, 0.4) is 0 Å². The van der Waals surface area contributed by atoms with Gasteiger partial charge in [-0.2, -0.15) is 0 Å². The molecule has 0 saturated carbocycles. The van der Waals surface area contributed by atoms with Gasteiger partial charge in [0.05, 0.1) is 15.1 Å². The Kier molecular flexibility index (Phi) is 1.01. The fourth-order valence-corrected chi connectivity index (χ4v) is 1.89. The van der Waals surface area contributed by atoms with Gasteiger partial charge >= 0.3 is 0 Å². The SMILES string of the molecule is [2H]c1c([2H])c([2H])c(-c2c(Br)c([2H])c3c([2H])c([2H])c([2H])c([2H])c3c2[2H])c([2H])c1[2H]. The molecule has 0 unspecified atom stereocenters. The van der Waals surface area contributed by atoms with Crippen molar-refractivity contribution in [3.63, 3.8) is 0 Å². The third-order valence-electron chi connectivity index (χ3n) is 2.14. The molecular formula is C16H11Br. The molecule has 1 heteroatoms. The number of halogens is 1. The molecule has 0 N–H and O–H groups in total. The van der Waals surface area contributed by atoms with Crippen LogP contribution in [0.2, 0.25) is 0 Å². The first kappa shape index (κ1) is 3.96. The van der Waals surface area contributed by atoms with Crippen LogP contribution in [0.4, 0.5) is 0 Å². The summed E-state index contributed by atoms with van der Waals surface area (Å²) in [4.78, 5) is 0. The van der Waals surface area contributed by atoms with E-state index in [4.69, 9.17) is 15.1 Å². The Morgan fingerprint density at radius 1 is 0.765 bits per heavy atom. The fraction of sp³-hybridized carbons (Fsp3) is 0. The molecule has 0 aliphatic rings. The first-order valence-corrected chi connectivity index (χ1v) is 5.48. The maximum atomic E-state index is 8.51. The van der Waals surface area contributed by atoms with Crippen molar-refractivity contribution in [3.05, 3.63) is 70.9 Å². The van der Waals surface area contributed by atoms with Crippen LogP contribution in [0, 0.1) is 0 Å². The molecule has 0 saturated heterocycles. The van der Waals surface area contributed by atoms with Gasteiger partial charge in [-0.3, -0.25) is 0 Å². The van der Waals surface area contributed by atoms with E-state index in [0.29, 0.717) is 0 Å². The molecule has 0 aliphatic carbocycles. The predicted octanol–water partition coefficient (Wildman–Crippen LogP) is 5.27. The quantitative estimate of drug-likeness (QED) is 0.573. The minimum Gasteiger partial charge on any atom is -0.0622 e. The number of rotatable bonds is 1. The lowest BCUT2D eigenvalue weighted by molar-refractivity contribution is 1.61. The first-order chi connectivity index (χ1) is 12.9. The second kappa shape index (κ2) is 4.34. The van der Waals surface area contributed by atoms with Crippen molar-refractivity contribution in [2.45, 2.75) is 0 Å². The first-order valence-electron chi connectivity index (χ1n) is 10.2.